The molecule has 0 aliphatic carbocycles. The van der Waals surface area contributed by atoms with Crippen LogP contribution in [0.2, 0.25) is 0 Å². The molecule has 0 fully saturated rings. The number of hydrogen-bond acceptors (Lipinski definition) is 3. The fourth-order valence-corrected chi connectivity index (χ4v) is 1.44. The molecule has 1 amide bonds. The molecule has 4 nitrogen and oxygen atoms in total. The lowest BCUT2D eigenvalue weighted by atomic mass is 10.1. The molecular formula is C11H24N2O2. The Hall–Kier alpha value is -0.610. The maximum atomic E-state index is 11.9. The van der Waals surface area contributed by atoms with Crippen LogP contribution in [0.3, 0.4) is 0 Å². The zero-order valence-electron chi connectivity index (χ0n) is 10.2. The van der Waals surface area contributed by atoms with Gasteiger partial charge in [0.2, 0.25) is 5.91 Å². The highest BCUT2D eigenvalue weighted by Gasteiger charge is 2.19. The van der Waals surface area contributed by atoms with Gasteiger partial charge in [-0.1, -0.05) is 6.92 Å². The van der Waals surface area contributed by atoms with Gasteiger partial charge in [0.15, 0.2) is 0 Å². The first-order chi connectivity index (χ1) is 7.21. The molecule has 0 saturated carbocycles. The zero-order chi connectivity index (χ0) is 11.7. The topological polar surface area (TPSA) is 55.6 Å². The van der Waals surface area contributed by atoms with Crippen LogP contribution < -0.4 is 5.73 Å². The van der Waals surface area contributed by atoms with E-state index in [2.05, 4.69) is 0 Å². The maximum Gasteiger partial charge on any atom is 0.227 e. The number of carbonyl (C=O) groups is 1. The van der Waals surface area contributed by atoms with Gasteiger partial charge in [-0.3, -0.25) is 4.79 Å². The molecule has 0 rings (SSSR count). The molecule has 0 aromatic rings. The van der Waals surface area contributed by atoms with Gasteiger partial charge in [0, 0.05) is 26.2 Å². The molecule has 0 aromatic carbocycles. The Labute approximate surface area is 92.8 Å². The predicted octanol–water partition coefficient (Wildman–Crippen LogP) is 0.856. The lowest BCUT2D eigenvalue weighted by molar-refractivity contribution is -0.135. The van der Waals surface area contributed by atoms with Crippen molar-refractivity contribution in [3.05, 3.63) is 0 Å². The number of nitrogens with zero attached hydrogens (tertiary/aromatic N) is 1. The SMILES string of the molecule is CCOCCN(CC)C(=O)C(CC)CN. The first-order valence-electron chi connectivity index (χ1n) is 5.77. The van der Waals surface area contributed by atoms with Gasteiger partial charge in [-0.05, 0) is 20.3 Å². The summed E-state index contributed by atoms with van der Waals surface area (Å²) >= 11 is 0. The smallest absolute Gasteiger partial charge is 0.227 e. The molecule has 1 atom stereocenters. The molecule has 2 N–H and O–H groups in total. The third-order valence-electron chi connectivity index (χ3n) is 2.53. The normalized spacial score (nSPS) is 12.5. The number of rotatable bonds is 8. The summed E-state index contributed by atoms with van der Waals surface area (Å²) in [5.41, 5.74) is 5.55. The lowest BCUT2D eigenvalue weighted by Gasteiger charge is -2.24. The second-order valence-corrected chi connectivity index (χ2v) is 3.46. The number of amides is 1. The van der Waals surface area contributed by atoms with Crippen LogP contribution in [-0.4, -0.2) is 43.7 Å². The molecule has 0 radical (unpaired) electrons. The van der Waals surface area contributed by atoms with Crippen LogP contribution in [-0.2, 0) is 9.53 Å². The third-order valence-corrected chi connectivity index (χ3v) is 2.53. The second-order valence-electron chi connectivity index (χ2n) is 3.46. The molecule has 90 valence electrons. The predicted molar refractivity (Wildman–Crippen MR) is 61.6 cm³/mol. The molecule has 0 aliphatic rings. The van der Waals surface area contributed by atoms with Crippen LogP contribution in [0.25, 0.3) is 0 Å². The van der Waals surface area contributed by atoms with E-state index in [4.69, 9.17) is 10.5 Å². The first kappa shape index (κ1) is 14.4. The van der Waals surface area contributed by atoms with Crippen molar-refractivity contribution >= 4 is 5.91 Å². The average molecular weight is 216 g/mol. The summed E-state index contributed by atoms with van der Waals surface area (Å²) in [6.07, 6.45) is 0.806. The van der Waals surface area contributed by atoms with Crippen LogP contribution in [0.15, 0.2) is 0 Å². The highest BCUT2D eigenvalue weighted by atomic mass is 16.5. The van der Waals surface area contributed by atoms with E-state index in [1.807, 2.05) is 25.7 Å². The van der Waals surface area contributed by atoms with E-state index in [9.17, 15) is 4.79 Å². The molecule has 0 saturated heterocycles. The van der Waals surface area contributed by atoms with E-state index in [1.165, 1.54) is 0 Å². The van der Waals surface area contributed by atoms with Gasteiger partial charge in [-0.15, -0.1) is 0 Å². The molecule has 0 aromatic heterocycles. The minimum absolute atomic E-state index is 0.0356. The fraction of sp³-hybridized carbons (Fsp3) is 0.909. The van der Waals surface area contributed by atoms with Crippen LogP contribution in [0.1, 0.15) is 27.2 Å². The van der Waals surface area contributed by atoms with E-state index in [1.54, 1.807) is 0 Å². The van der Waals surface area contributed by atoms with Crippen molar-refractivity contribution in [1.82, 2.24) is 4.90 Å². The summed E-state index contributed by atoms with van der Waals surface area (Å²) in [6.45, 7) is 9.05. The molecule has 0 heterocycles. The number of ether oxygens (including phenoxy) is 1. The summed E-state index contributed by atoms with van der Waals surface area (Å²) in [5, 5.41) is 0. The Morgan fingerprint density at radius 3 is 2.47 bits per heavy atom. The van der Waals surface area contributed by atoms with Gasteiger partial charge in [0.05, 0.1) is 12.5 Å². The number of hydrogen-bond donors (Lipinski definition) is 1. The van der Waals surface area contributed by atoms with E-state index >= 15 is 0 Å². The van der Waals surface area contributed by atoms with E-state index in [-0.39, 0.29) is 11.8 Å². The minimum Gasteiger partial charge on any atom is -0.380 e. The van der Waals surface area contributed by atoms with Gasteiger partial charge in [0.25, 0.3) is 0 Å². The van der Waals surface area contributed by atoms with Crippen molar-refractivity contribution in [2.24, 2.45) is 11.7 Å². The van der Waals surface area contributed by atoms with E-state index in [0.29, 0.717) is 26.3 Å². The monoisotopic (exact) mass is 216 g/mol. The van der Waals surface area contributed by atoms with Crippen molar-refractivity contribution in [3.8, 4) is 0 Å². The zero-order valence-corrected chi connectivity index (χ0v) is 10.2. The summed E-state index contributed by atoms with van der Waals surface area (Å²) in [5.74, 6) is 0.119. The Balaban J connectivity index is 4.08. The molecule has 0 bridgehead atoms. The van der Waals surface area contributed by atoms with Crippen molar-refractivity contribution < 1.29 is 9.53 Å². The van der Waals surface area contributed by atoms with Gasteiger partial charge < -0.3 is 15.4 Å². The molecule has 4 heteroatoms. The molecule has 0 spiro atoms. The quantitative estimate of drug-likeness (QED) is 0.612. The van der Waals surface area contributed by atoms with Gasteiger partial charge in [0.1, 0.15) is 0 Å². The second kappa shape index (κ2) is 8.68. The molecule has 1 unspecified atom stereocenters. The Bertz CT molecular complexity index is 170. The van der Waals surface area contributed by atoms with Gasteiger partial charge in [-0.25, -0.2) is 0 Å². The van der Waals surface area contributed by atoms with Crippen LogP contribution in [0.5, 0.6) is 0 Å². The summed E-state index contributed by atoms with van der Waals surface area (Å²) in [6, 6.07) is 0. The van der Waals surface area contributed by atoms with Gasteiger partial charge >= 0.3 is 0 Å². The minimum atomic E-state index is -0.0356. The van der Waals surface area contributed by atoms with Crippen LogP contribution >= 0.6 is 0 Å². The highest BCUT2D eigenvalue weighted by molar-refractivity contribution is 5.79. The number of carbonyl (C=O) groups excluding carboxylic acids is 1. The number of nitrogens with two attached hydrogens (primary N) is 1. The Morgan fingerprint density at radius 2 is 2.07 bits per heavy atom. The maximum absolute atomic E-state index is 11.9. The van der Waals surface area contributed by atoms with Crippen LogP contribution in [0, 0.1) is 5.92 Å². The third kappa shape index (κ3) is 5.14. The van der Waals surface area contributed by atoms with Crippen molar-refractivity contribution in [2.45, 2.75) is 27.2 Å². The molecule has 0 aliphatic heterocycles. The Morgan fingerprint density at radius 1 is 1.40 bits per heavy atom. The van der Waals surface area contributed by atoms with Crippen molar-refractivity contribution in [3.63, 3.8) is 0 Å². The Kier molecular flexibility index (Phi) is 8.33. The molecule has 15 heavy (non-hydrogen) atoms. The highest BCUT2D eigenvalue weighted by Crippen LogP contribution is 2.06. The summed E-state index contributed by atoms with van der Waals surface area (Å²) < 4.78 is 5.24. The van der Waals surface area contributed by atoms with E-state index < -0.39 is 0 Å². The van der Waals surface area contributed by atoms with Gasteiger partial charge in [-0.2, -0.15) is 0 Å². The van der Waals surface area contributed by atoms with Crippen molar-refractivity contribution in [2.75, 3.05) is 32.8 Å². The average Bonchev–Trinajstić information content (AvgIpc) is 2.26. The summed E-state index contributed by atoms with van der Waals surface area (Å²) in [4.78, 5) is 13.7. The lowest BCUT2D eigenvalue weighted by Crippen LogP contribution is -2.40. The molecular weight excluding hydrogens is 192 g/mol. The first-order valence-corrected chi connectivity index (χ1v) is 5.77. The van der Waals surface area contributed by atoms with E-state index in [0.717, 1.165) is 13.0 Å². The number of likely N-dealkylation sites (N-methyl/N-ethyl adjacent to an activating group) is 1. The standard InChI is InChI=1S/C11H24N2O2/c1-4-10(9-12)11(14)13(5-2)7-8-15-6-3/h10H,4-9,12H2,1-3H3. The largest absolute Gasteiger partial charge is 0.380 e. The van der Waals surface area contributed by atoms with Crippen LogP contribution in [0.4, 0.5) is 0 Å². The summed E-state index contributed by atoms with van der Waals surface area (Å²) in [7, 11) is 0. The van der Waals surface area contributed by atoms with Crippen molar-refractivity contribution in [1.29, 1.82) is 0 Å². The fourth-order valence-electron chi connectivity index (χ4n) is 1.44.